The molecule has 1 aromatic rings. The largest absolute Gasteiger partial charge is 0.396 e. The molecule has 0 aromatic heterocycles. The summed E-state index contributed by atoms with van der Waals surface area (Å²) in [5.74, 6) is 0. The molecule has 0 unspecified atom stereocenters. The average Bonchev–Trinajstić information content (AvgIpc) is 2.49. The maximum absolute atomic E-state index is 8.70. The zero-order valence-electron chi connectivity index (χ0n) is 11.5. The Bertz CT molecular complexity index is 348. The Labute approximate surface area is 115 Å². The van der Waals surface area contributed by atoms with E-state index in [1.54, 1.807) is 0 Å². The van der Waals surface area contributed by atoms with Crippen molar-refractivity contribution in [2.75, 3.05) is 44.4 Å². The normalized spacial score (nSPS) is 15.7. The van der Waals surface area contributed by atoms with Crippen LogP contribution in [0.5, 0.6) is 0 Å². The smallest absolute Gasteiger partial charge is 0.0642 e. The fourth-order valence-electron chi connectivity index (χ4n) is 2.24. The molecule has 0 amide bonds. The van der Waals surface area contributed by atoms with Crippen molar-refractivity contribution < 1.29 is 9.84 Å². The van der Waals surface area contributed by atoms with Crippen LogP contribution < -0.4 is 10.2 Å². The fourth-order valence-corrected chi connectivity index (χ4v) is 2.24. The maximum Gasteiger partial charge on any atom is 0.0642 e. The molecule has 0 saturated carbocycles. The molecule has 0 bridgehead atoms. The lowest BCUT2D eigenvalue weighted by molar-refractivity contribution is 0.122. The summed E-state index contributed by atoms with van der Waals surface area (Å²) in [6, 6.07) is 8.75. The quantitative estimate of drug-likeness (QED) is 0.730. The molecule has 19 heavy (non-hydrogen) atoms. The van der Waals surface area contributed by atoms with Crippen LogP contribution in [0.15, 0.2) is 24.3 Å². The van der Waals surface area contributed by atoms with Crippen molar-refractivity contribution in [1.29, 1.82) is 0 Å². The van der Waals surface area contributed by atoms with Gasteiger partial charge in [-0.15, -0.1) is 0 Å². The summed E-state index contributed by atoms with van der Waals surface area (Å²) in [5, 5.41) is 12.1. The molecule has 2 rings (SSSR count). The first-order valence-corrected chi connectivity index (χ1v) is 7.13. The number of hydrogen-bond acceptors (Lipinski definition) is 4. The van der Waals surface area contributed by atoms with E-state index in [4.69, 9.17) is 9.84 Å². The molecule has 0 atom stereocenters. The first-order valence-electron chi connectivity index (χ1n) is 7.13. The van der Waals surface area contributed by atoms with Crippen molar-refractivity contribution >= 4 is 5.69 Å². The molecule has 4 nitrogen and oxygen atoms in total. The summed E-state index contributed by atoms with van der Waals surface area (Å²) in [6.07, 6.45) is 1.91. The topological polar surface area (TPSA) is 44.7 Å². The zero-order chi connectivity index (χ0) is 13.3. The van der Waals surface area contributed by atoms with Gasteiger partial charge < -0.3 is 20.1 Å². The van der Waals surface area contributed by atoms with Crippen LogP contribution in [0, 0.1) is 0 Å². The number of rotatable bonds is 7. The third-order valence-electron chi connectivity index (χ3n) is 3.40. The van der Waals surface area contributed by atoms with Crippen LogP contribution >= 0.6 is 0 Å². The first kappa shape index (κ1) is 14.3. The monoisotopic (exact) mass is 264 g/mol. The Hall–Kier alpha value is -1.10. The third kappa shape index (κ3) is 4.82. The molecule has 1 aliphatic heterocycles. The molecule has 2 N–H and O–H groups in total. The molecular formula is C15H24N2O2. The Kier molecular flexibility index (Phi) is 6.14. The van der Waals surface area contributed by atoms with Crippen LogP contribution in [-0.2, 0) is 11.3 Å². The van der Waals surface area contributed by atoms with E-state index >= 15 is 0 Å². The number of nitrogens with one attached hydrogen (secondary N) is 1. The van der Waals surface area contributed by atoms with Crippen LogP contribution in [0.4, 0.5) is 5.69 Å². The maximum atomic E-state index is 8.70. The molecule has 0 aliphatic carbocycles. The van der Waals surface area contributed by atoms with Crippen LogP contribution in [-0.4, -0.2) is 44.6 Å². The SMILES string of the molecule is OCCCCNCc1ccc(N2CCOCC2)cc1. The molecule has 1 heterocycles. The molecule has 1 aliphatic rings. The van der Waals surface area contributed by atoms with E-state index in [-0.39, 0.29) is 6.61 Å². The van der Waals surface area contributed by atoms with Gasteiger partial charge in [-0.05, 0) is 37.1 Å². The molecule has 1 aromatic carbocycles. The van der Waals surface area contributed by atoms with Gasteiger partial charge in [0.2, 0.25) is 0 Å². The Balaban J connectivity index is 1.74. The molecule has 1 saturated heterocycles. The number of anilines is 1. The number of ether oxygens (including phenoxy) is 1. The second-order valence-electron chi connectivity index (χ2n) is 4.87. The van der Waals surface area contributed by atoms with E-state index in [0.29, 0.717) is 0 Å². The van der Waals surface area contributed by atoms with Gasteiger partial charge in [0.05, 0.1) is 13.2 Å². The van der Waals surface area contributed by atoms with E-state index < -0.39 is 0 Å². The van der Waals surface area contributed by atoms with E-state index in [0.717, 1.165) is 52.2 Å². The van der Waals surface area contributed by atoms with Gasteiger partial charge >= 0.3 is 0 Å². The molecule has 1 fully saturated rings. The lowest BCUT2D eigenvalue weighted by atomic mass is 10.2. The summed E-state index contributed by atoms with van der Waals surface area (Å²) in [4.78, 5) is 2.36. The Morgan fingerprint density at radius 3 is 2.53 bits per heavy atom. The lowest BCUT2D eigenvalue weighted by Crippen LogP contribution is -2.36. The van der Waals surface area contributed by atoms with Crippen LogP contribution in [0.25, 0.3) is 0 Å². The van der Waals surface area contributed by atoms with Gasteiger partial charge in [0.25, 0.3) is 0 Å². The highest BCUT2D eigenvalue weighted by atomic mass is 16.5. The highest BCUT2D eigenvalue weighted by Gasteiger charge is 2.10. The number of morpholine rings is 1. The number of unbranched alkanes of at least 4 members (excludes halogenated alkanes) is 1. The Morgan fingerprint density at radius 2 is 1.84 bits per heavy atom. The number of nitrogens with zero attached hydrogens (tertiary/aromatic N) is 1. The standard InChI is InChI=1S/C15H24N2O2/c18-10-2-1-7-16-13-14-3-5-15(6-4-14)17-8-11-19-12-9-17/h3-6,16,18H,1-2,7-13H2. The first-order chi connectivity index (χ1) is 9.40. The van der Waals surface area contributed by atoms with Crippen molar-refractivity contribution in [3.8, 4) is 0 Å². The predicted molar refractivity (Wildman–Crippen MR) is 77.5 cm³/mol. The zero-order valence-corrected chi connectivity index (χ0v) is 11.5. The van der Waals surface area contributed by atoms with Gasteiger partial charge in [0, 0.05) is 31.9 Å². The van der Waals surface area contributed by atoms with Crippen LogP contribution in [0.2, 0.25) is 0 Å². The molecule has 4 heteroatoms. The summed E-state index contributed by atoms with van der Waals surface area (Å²) in [5.41, 5.74) is 2.59. The van der Waals surface area contributed by atoms with Crippen molar-refractivity contribution in [3.63, 3.8) is 0 Å². The van der Waals surface area contributed by atoms with E-state index in [1.165, 1.54) is 11.3 Å². The second kappa shape index (κ2) is 8.15. The van der Waals surface area contributed by atoms with Crippen LogP contribution in [0.1, 0.15) is 18.4 Å². The number of hydrogen-bond donors (Lipinski definition) is 2. The fraction of sp³-hybridized carbons (Fsp3) is 0.600. The van der Waals surface area contributed by atoms with Crippen molar-refractivity contribution in [2.45, 2.75) is 19.4 Å². The Morgan fingerprint density at radius 1 is 1.11 bits per heavy atom. The molecular weight excluding hydrogens is 240 g/mol. The van der Waals surface area contributed by atoms with Crippen molar-refractivity contribution in [1.82, 2.24) is 5.32 Å². The van der Waals surface area contributed by atoms with Gasteiger partial charge in [-0.1, -0.05) is 12.1 Å². The average molecular weight is 264 g/mol. The second-order valence-corrected chi connectivity index (χ2v) is 4.87. The third-order valence-corrected chi connectivity index (χ3v) is 3.40. The highest BCUT2D eigenvalue weighted by molar-refractivity contribution is 5.47. The van der Waals surface area contributed by atoms with Crippen molar-refractivity contribution in [3.05, 3.63) is 29.8 Å². The minimum absolute atomic E-state index is 0.288. The van der Waals surface area contributed by atoms with E-state index in [1.807, 2.05) is 0 Å². The van der Waals surface area contributed by atoms with Crippen molar-refractivity contribution in [2.24, 2.45) is 0 Å². The molecule has 0 radical (unpaired) electrons. The highest BCUT2D eigenvalue weighted by Crippen LogP contribution is 2.16. The van der Waals surface area contributed by atoms with Gasteiger partial charge in [-0.25, -0.2) is 0 Å². The molecule has 0 spiro atoms. The summed E-state index contributed by atoms with van der Waals surface area (Å²) < 4.78 is 5.36. The lowest BCUT2D eigenvalue weighted by Gasteiger charge is -2.28. The van der Waals surface area contributed by atoms with Gasteiger partial charge in [0.1, 0.15) is 0 Å². The van der Waals surface area contributed by atoms with E-state index in [9.17, 15) is 0 Å². The summed E-state index contributed by atoms with van der Waals surface area (Å²) in [7, 11) is 0. The predicted octanol–water partition coefficient (Wildman–Crippen LogP) is 1.39. The van der Waals surface area contributed by atoms with Gasteiger partial charge in [-0.3, -0.25) is 0 Å². The summed E-state index contributed by atoms with van der Waals surface area (Å²) >= 11 is 0. The molecule has 106 valence electrons. The summed E-state index contributed by atoms with van der Waals surface area (Å²) in [6.45, 7) is 5.77. The van der Waals surface area contributed by atoms with Crippen LogP contribution in [0.3, 0.4) is 0 Å². The van der Waals surface area contributed by atoms with Gasteiger partial charge in [0.15, 0.2) is 0 Å². The minimum Gasteiger partial charge on any atom is -0.396 e. The number of aliphatic hydroxyl groups is 1. The minimum atomic E-state index is 0.288. The number of benzene rings is 1. The number of aliphatic hydroxyl groups excluding tert-OH is 1. The van der Waals surface area contributed by atoms with Gasteiger partial charge in [-0.2, -0.15) is 0 Å². The van der Waals surface area contributed by atoms with E-state index in [2.05, 4.69) is 34.5 Å².